The highest BCUT2D eigenvalue weighted by Gasteiger charge is 2.18. The summed E-state index contributed by atoms with van der Waals surface area (Å²) in [4.78, 5) is 16.3. The number of benzene rings is 2. The Labute approximate surface area is 175 Å². The van der Waals surface area contributed by atoms with Gasteiger partial charge in [-0.25, -0.2) is 18.4 Å². The van der Waals surface area contributed by atoms with E-state index in [9.17, 15) is 13.2 Å². The smallest absolute Gasteiger partial charge is 0.408 e. The summed E-state index contributed by atoms with van der Waals surface area (Å²) in [6.07, 6.45) is 0. The number of nitrogens with zero attached hydrogens (tertiary/aromatic N) is 3. The Morgan fingerprint density at radius 2 is 1.69 bits per heavy atom. The van der Waals surface area contributed by atoms with Crippen molar-refractivity contribution >= 4 is 39.2 Å². The molecule has 0 saturated carbocycles. The number of hydrogen-bond acceptors (Lipinski definition) is 6. The molecule has 0 aliphatic carbocycles. The monoisotopic (exact) mass is 438 g/mol. The van der Waals surface area contributed by atoms with E-state index in [4.69, 9.17) is 9.56 Å². The minimum absolute atomic E-state index is 0. The molecule has 4 rings (SSSR count). The number of fused-ring (bicyclic) bond motifs is 1. The van der Waals surface area contributed by atoms with Crippen LogP contribution < -0.4 is 15.8 Å². The lowest BCUT2D eigenvalue weighted by Crippen LogP contribution is -2.45. The normalized spacial score (nSPS) is 15.4. The van der Waals surface area contributed by atoms with Crippen LogP contribution in [0.2, 0.25) is 0 Å². The van der Waals surface area contributed by atoms with E-state index in [-0.39, 0.29) is 23.1 Å². The van der Waals surface area contributed by atoms with Gasteiger partial charge < -0.3 is 9.32 Å². The summed E-state index contributed by atoms with van der Waals surface area (Å²) in [6.45, 7) is 4.24. The van der Waals surface area contributed by atoms with Gasteiger partial charge >= 0.3 is 5.76 Å². The molecule has 29 heavy (non-hydrogen) atoms. The number of nitrogens with two attached hydrogens (primary N) is 1. The van der Waals surface area contributed by atoms with Gasteiger partial charge in [-0.15, -0.1) is 12.4 Å². The maximum atomic E-state index is 11.6. The second-order valence-electron chi connectivity index (χ2n) is 7.03. The molecule has 1 aliphatic rings. The van der Waals surface area contributed by atoms with E-state index in [1.807, 2.05) is 18.2 Å². The summed E-state index contributed by atoms with van der Waals surface area (Å²) < 4.78 is 29.5. The minimum atomic E-state index is -3.67. The molecule has 1 aliphatic heterocycles. The first-order valence-corrected chi connectivity index (χ1v) is 10.5. The maximum absolute atomic E-state index is 11.6. The molecule has 0 radical (unpaired) electrons. The Hall–Kier alpha value is -2.33. The largest absolute Gasteiger partial charge is 0.419 e. The highest BCUT2D eigenvalue weighted by Crippen LogP contribution is 2.21. The van der Waals surface area contributed by atoms with E-state index in [1.54, 1.807) is 31.3 Å². The van der Waals surface area contributed by atoms with Crippen molar-refractivity contribution in [3.8, 4) is 0 Å². The topological polar surface area (TPSA) is 102 Å². The third kappa shape index (κ3) is 4.48. The van der Waals surface area contributed by atoms with Gasteiger partial charge in [0.2, 0.25) is 10.0 Å². The van der Waals surface area contributed by atoms with Crippen LogP contribution in [-0.2, 0) is 23.6 Å². The quantitative estimate of drug-likeness (QED) is 0.662. The van der Waals surface area contributed by atoms with Crippen LogP contribution in [0.25, 0.3) is 11.1 Å². The number of hydrogen-bond donors (Lipinski definition) is 1. The van der Waals surface area contributed by atoms with Crippen LogP contribution in [0.15, 0.2) is 56.6 Å². The van der Waals surface area contributed by atoms with Crippen molar-refractivity contribution in [2.24, 2.45) is 12.2 Å². The number of primary sulfonamides is 1. The van der Waals surface area contributed by atoms with Gasteiger partial charge in [0.15, 0.2) is 5.58 Å². The van der Waals surface area contributed by atoms with Crippen LogP contribution in [-0.4, -0.2) is 44.1 Å². The lowest BCUT2D eigenvalue weighted by molar-refractivity contribution is 0.250. The molecule has 2 aromatic carbocycles. The highest BCUT2D eigenvalue weighted by atomic mass is 35.5. The molecule has 10 heteroatoms. The molecule has 0 amide bonds. The molecule has 1 saturated heterocycles. The Bertz CT molecular complexity index is 1160. The second kappa shape index (κ2) is 8.19. The van der Waals surface area contributed by atoms with Gasteiger partial charge in [-0.1, -0.05) is 6.07 Å². The summed E-state index contributed by atoms with van der Waals surface area (Å²) in [5, 5.41) is 5.15. The molecular formula is C19H23ClN4O4S. The molecule has 1 aromatic heterocycles. The first-order chi connectivity index (χ1) is 13.3. The van der Waals surface area contributed by atoms with Gasteiger partial charge in [0, 0.05) is 45.5 Å². The third-order valence-corrected chi connectivity index (χ3v) is 6.09. The van der Waals surface area contributed by atoms with Crippen molar-refractivity contribution in [1.82, 2.24) is 9.47 Å². The standard InChI is InChI=1S/C19H22N4O4S.ClH/c1-21-17-7-2-14(12-18(17)27-19(21)24)13-22-8-10-23(11-9-22)15-3-5-16(6-4-15)28(20,25)26;/h2-7,12H,8-11,13H2,1H3,(H2,20,25,26);1H. The van der Waals surface area contributed by atoms with Crippen LogP contribution in [0.3, 0.4) is 0 Å². The predicted octanol–water partition coefficient (Wildman–Crippen LogP) is 1.52. The molecule has 8 nitrogen and oxygen atoms in total. The Kier molecular flexibility index (Phi) is 6.04. The number of rotatable bonds is 4. The number of sulfonamides is 1. The van der Waals surface area contributed by atoms with Crippen LogP contribution in [0.5, 0.6) is 0 Å². The summed E-state index contributed by atoms with van der Waals surface area (Å²) in [5.41, 5.74) is 3.49. The van der Waals surface area contributed by atoms with Crippen LogP contribution in [0.1, 0.15) is 5.56 Å². The van der Waals surface area contributed by atoms with E-state index in [0.717, 1.165) is 49.5 Å². The minimum Gasteiger partial charge on any atom is -0.408 e. The number of anilines is 1. The molecule has 3 aromatic rings. The second-order valence-corrected chi connectivity index (χ2v) is 8.59. The number of halogens is 1. The van der Waals surface area contributed by atoms with Crippen molar-refractivity contribution in [2.75, 3.05) is 31.1 Å². The van der Waals surface area contributed by atoms with Gasteiger partial charge in [0.1, 0.15) is 0 Å². The Balaban J connectivity index is 0.00000240. The van der Waals surface area contributed by atoms with E-state index < -0.39 is 10.0 Å². The summed E-state index contributed by atoms with van der Waals surface area (Å²) >= 11 is 0. The highest BCUT2D eigenvalue weighted by molar-refractivity contribution is 7.89. The fourth-order valence-corrected chi connectivity index (χ4v) is 4.06. The van der Waals surface area contributed by atoms with E-state index in [0.29, 0.717) is 5.58 Å². The fraction of sp³-hybridized carbons (Fsp3) is 0.316. The lowest BCUT2D eigenvalue weighted by atomic mass is 10.1. The van der Waals surface area contributed by atoms with Crippen molar-refractivity contribution < 1.29 is 12.8 Å². The number of piperazine rings is 1. The van der Waals surface area contributed by atoms with Crippen LogP contribution in [0, 0.1) is 0 Å². The Morgan fingerprint density at radius 1 is 1.03 bits per heavy atom. The van der Waals surface area contributed by atoms with Crippen LogP contribution >= 0.6 is 12.4 Å². The van der Waals surface area contributed by atoms with E-state index >= 15 is 0 Å². The van der Waals surface area contributed by atoms with Crippen molar-refractivity contribution in [2.45, 2.75) is 11.4 Å². The van der Waals surface area contributed by atoms with E-state index in [2.05, 4.69) is 9.80 Å². The zero-order valence-corrected chi connectivity index (χ0v) is 17.6. The van der Waals surface area contributed by atoms with Gasteiger partial charge in [-0.05, 0) is 42.0 Å². The summed E-state index contributed by atoms with van der Waals surface area (Å²) in [5.74, 6) is -0.353. The molecule has 156 valence electrons. The lowest BCUT2D eigenvalue weighted by Gasteiger charge is -2.36. The third-order valence-electron chi connectivity index (χ3n) is 5.17. The maximum Gasteiger partial charge on any atom is 0.419 e. The number of aryl methyl sites for hydroxylation is 1. The first-order valence-electron chi connectivity index (χ1n) is 9.00. The predicted molar refractivity (Wildman–Crippen MR) is 114 cm³/mol. The average molecular weight is 439 g/mol. The van der Waals surface area contributed by atoms with Crippen molar-refractivity contribution in [1.29, 1.82) is 0 Å². The molecule has 1 fully saturated rings. The molecule has 0 spiro atoms. The average Bonchev–Trinajstić information content (AvgIpc) is 2.95. The Morgan fingerprint density at radius 3 is 2.31 bits per heavy atom. The van der Waals surface area contributed by atoms with Gasteiger partial charge in [-0.3, -0.25) is 9.47 Å². The number of oxazole rings is 1. The molecular weight excluding hydrogens is 416 g/mol. The molecule has 2 heterocycles. The van der Waals surface area contributed by atoms with Crippen molar-refractivity contribution in [3.63, 3.8) is 0 Å². The SMILES string of the molecule is Cl.Cn1c(=O)oc2cc(CN3CCN(c4ccc(S(N)(=O)=O)cc4)CC3)ccc21. The van der Waals surface area contributed by atoms with Crippen LogP contribution in [0.4, 0.5) is 5.69 Å². The fourth-order valence-electron chi connectivity index (χ4n) is 3.55. The summed E-state index contributed by atoms with van der Waals surface area (Å²) in [7, 11) is -1.97. The zero-order chi connectivity index (χ0) is 19.9. The zero-order valence-electron chi connectivity index (χ0n) is 15.9. The summed E-state index contributed by atoms with van der Waals surface area (Å²) in [6, 6.07) is 12.5. The van der Waals surface area contributed by atoms with Gasteiger partial charge in [0.05, 0.1) is 10.4 Å². The first kappa shape index (κ1) is 21.4. The number of aromatic nitrogens is 1. The molecule has 0 bridgehead atoms. The molecule has 0 atom stereocenters. The molecule has 0 unspecified atom stereocenters. The molecule has 2 N–H and O–H groups in total. The van der Waals surface area contributed by atoms with Crippen molar-refractivity contribution in [3.05, 3.63) is 58.6 Å². The van der Waals surface area contributed by atoms with Gasteiger partial charge in [0.25, 0.3) is 0 Å². The van der Waals surface area contributed by atoms with E-state index in [1.165, 1.54) is 4.57 Å². The van der Waals surface area contributed by atoms with Gasteiger partial charge in [-0.2, -0.15) is 0 Å².